The highest BCUT2D eigenvalue weighted by Crippen LogP contribution is 2.32. The third-order valence-electron chi connectivity index (χ3n) is 4.85. The summed E-state index contributed by atoms with van der Waals surface area (Å²) in [6, 6.07) is 8.75. The zero-order valence-corrected chi connectivity index (χ0v) is 13.6. The molecule has 126 valence electrons. The molecule has 1 atom stereocenters. The van der Waals surface area contributed by atoms with E-state index in [1.54, 1.807) is 24.7 Å². The van der Waals surface area contributed by atoms with E-state index >= 15 is 0 Å². The summed E-state index contributed by atoms with van der Waals surface area (Å²) in [7, 11) is 0. The Morgan fingerprint density at radius 2 is 2.04 bits per heavy atom. The van der Waals surface area contributed by atoms with Crippen molar-refractivity contribution >= 4 is 11.5 Å². The van der Waals surface area contributed by atoms with E-state index in [0.29, 0.717) is 6.61 Å². The molecule has 0 N–H and O–H groups in total. The number of halogens is 1. The van der Waals surface area contributed by atoms with Gasteiger partial charge in [-0.1, -0.05) is 6.07 Å². The number of anilines is 2. The molecular formula is C18H21FN4O. The molecule has 0 saturated carbocycles. The van der Waals surface area contributed by atoms with E-state index in [9.17, 15) is 4.39 Å². The minimum absolute atomic E-state index is 0.195. The molecule has 1 aromatic heterocycles. The van der Waals surface area contributed by atoms with Gasteiger partial charge in [0, 0.05) is 31.5 Å². The summed E-state index contributed by atoms with van der Waals surface area (Å²) in [4.78, 5) is 12.9. The van der Waals surface area contributed by atoms with Crippen LogP contribution in [-0.4, -0.2) is 48.4 Å². The summed E-state index contributed by atoms with van der Waals surface area (Å²) in [5.41, 5.74) is 0.699. The van der Waals surface area contributed by atoms with Gasteiger partial charge in [0.25, 0.3) is 0 Å². The maximum Gasteiger partial charge on any atom is 0.132 e. The van der Waals surface area contributed by atoms with Crippen molar-refractivity contribution in [3.63, 3.8) is 0 Å². The lowest BCUT2D eigenvalue weighted by Gasteiger charge is -2.48. The Kier molecular flexibility index (Phi) is 4.06. The molecule has 2 fully saturated rings. The first-order chi connectivity index (χ1) is 11.7. The lowest BCUT2D eigenvalue weighted by Crippen LogP contribution is -2.60. The van der Waals surface area contributed by atoms with Crippen LogP contribution < -0.4 is 9.80 Å². The highest BCUT2D eigenvalue weighted by Gasteiger charge is 2.41. The lowest BCUT2D eigenvalue weighted by atomic mass is 9.90. The first-order valence-electron chi connectivity index (χ1n) is 8.40. The lowest BCUT2D eigenvalue weighted by molar-refractivity contribution is -0.0630. The van der Waals surface area contributed by atoms with Crippen LogP contribution in [0.1, 0.15) is 12.8 Å². The fraction of sp³-hybridized carbons (Fsp3) is 0.444. The number of piperidine rings is 1. The predicted molar refractivity (Wildman–Crippen MR) is 90.8 cm³/mol. The molecular weight excluding hydrogens is 307 g/mol. The third-order valence-corrected chi connectivity index (χ3v) is 4.85. The summed E-state index contributed by atoms with van der Waals surface area (Å²) in [6.07, 6.45) is 5.40. The van der Waals surface area contributed by atoms with Gasteiger partial charge in [-0.3, -0.25) is 0 Å². The second kappa shape index (κ2) is 6.36. The van der Waals surface area contributed by atoms with Gasteiger partial charge in [-0.05, 0) is 37.1 Å². The van der Waals surface area contributed by atoms with Gasteiger partial charge in [-0.2, -0.15) is 0 Å². The van der Waals surface area contributed by atoms with Crippen LogP contribution in [-0.2, 0) is 4.74 Å². The number of nitrogens with zero attached hydrogens (tertiary/aromatic N) is 4. The molecule has 2 aliphatic rings. The Morgan fingerprint density at radius 1 is 1.12 bits per heavy atom. The fourth-order valence-electron chi connectivity index (χ4n) is 3.75. The average molecular weight is 328 g/mol. The summed E-state index contributed by atoms with van der Waals surface area (Å²) in [5, 5.41) is 0. The zero-order chi connectivity index (χ0) is 16.4. The van der Waals surface area contributed by atoms with Crippen molar-refractivity contribution in [3.05, 3.63) is 48.7 Å². The number of ether oxygens (including phenoxy) is 1. The van der Waals surface area contributed by atoms with E-state index in [2.05, 4.69) is 19.8 Å². The summed E-state index contributed by atoms with van der Waals surface area (Å²) >= 11 is 0. The molecule has 2 aliphatic heterocycles. The highest BCUT2D eigenvalue weighted by atomic mass is 19.1. The molecule has 1 unspecified atom stereocenters. The molecule has 4 rings (SSSR count). The Morgan fingerprint density at radius 3 is 2.88 bits per heavy atom. The topological polar surface area (TPSA) is 41.5 Å². The smallest absolute Gasteiger partial charge is 0.132 e. The van der Waals surface area contributed by atoms with E-state index in [1.165, 1.54) is 6.07 Å². The van der Waals surface area contributed by atoms with Crippen LogP contribution in [0.5, 0.6) is 0 Å². The largest absolute Gasteiger partial charge is 0.369 e. The molecule has 6 heteroatoms. The normalized spacial score (nSPS) is 24.4. The molecule has 0 bridgehead atoms. The van der Waals surface area contributed by atoms with Crippen LogP contribution in [0.3, 0.4) is 0 Å². The molecule has 0 amide bonds. The van der Waals surface area contributed by atoms with Gasteiger partial charge in [0.15, 0.2) is 0 Å². The number of aromatic nitrogens is 2. The maximum absolute atomic E-state index is 13.6. The van der Waals surface area contributed by atoms with Crippen molar-refractivity contribution in [1.82, 2.24) is 9.97 Å². The van der Waals surface area contributed by atoms with Crippen LogP contribution in [0.4, 0.5) is 15.9 Å². The van der Waals surface area contributed by atoms with Crippen molar-refractivity contribution in [3.8, 4) is 0 Å². The van der Waals surface area contributed by atoms with Gasteiger partial charge < -0.3 is 14.5 Å². The van der Waals surface area contributed by atoms with Crippen LogP contribution in [0.15, 0.2) is 42.9 Å². The Bertz CT molecular complexity index is 694. The van der Waals surface area contributed by atoms with Crippen LogP contribution >= 0.6 is 0 Å². The standard InChI is InChI=1S/C18H21FN4O/c19-15-3-1-4-16(11-15)22-8-2-6-18(12-22)13-23(9-10-24-18)17-5-7-20-14-21-17/h1,3-5,7,11,14H,2,6,8-10,12-13H2. The Hall–Kier alpha value is -2.21. The SMILES string of the molecule is Fc1cccc(N2CCCC3(C2)CN(c2ccncn2)CCO3)c1. The van der Waals surface area contributed by atoms with Gasteiger partial charge in [-0.25, -0.2) is 14.4 Å². The number of morpholine rings is 1. The molecule has 0 radical (unpaired) electrons. The van der Waals surface area contributed by atoms with Crippen LogP contribution in [0.25, 0.3) is 0 Å². The van der Waals surface area contributed by atoms with E-state index in [-0.39, 0.29) is 11.4 Å². The van der Waals surface area contributed by atoms with E-state index in [1.807, 2.05) is 12.1 Å². The van der Waals surface area contributed by atoms with E-state index in [4.69, 9.17) is 4.74 Å². The molecule has 24 heavy (non-hydrogen) atoms. The van der Waals surface area contributed by atoms with Gasteiger partial charge in [-0.15, -0.1) is 0 Å². The van der Waals surface area contributed by atoms with Crippen molar-refractivity contribution in [2.75, 3.05) is 42.6 Å². The molecule has 2 saturated heterocycles. The minimum Gasteiger partial charge on any atom is -0.369 e. The number of rotatable bonds is 2. The molecule has 1 aromatic carbocycles. The van der Waals surface area contributed by atoms with Crippen LogP contribution in [0, 0.1) is 5.82 Å². The Balaban J connectivity index is 1.53. The summed E-state index contributed by atoms with van der Waals surface area (Å²) in [6.45, 7) is 4.02. The molecule has 0 aliphatic carbocycles. The number of benzene rings is 1. The van der Waals surface area contributed by atoms with Gasteiger partial charge in [0.2, 0.25) is 0 Å². The monoisotopic (exact) mass is 328 g/mol. The first kappa shape index (κ1) is 15.3. The number of hydrogen-bond donors (Lipinski definition) is 0. The van der Waals surface area contributed by atoms with E-state index < -0.39 is 0 Å². The zero-order valence-electron chi connectivity index (χ0n) is 13.6. The summed E-state index contributed by atoms with van der Waals surface area (Å²) in [5.74, 6) is 0.745. The highest BCUT2D eigenvalue weighted by molar-refractivity contribution is 5.48. The van der Waals surface area contributed by atoms with Gasteiger partial charge >= 0.3 is 0 Å². The van der Waals surface area contributed by atoms with Crippen molar-refractivity contribution in [2.45, 2.75) is 18.4 Å². The molecule has 5 nitrogen and oxygen atoms in total. The fourth-order valence-corrected chi connectivity index (χ4v) is 3.75. The maximum atomic E-state index is 13.6. The van der Waals surface area contributed by atoms with Gasteiger partial charge in [0.1, 0.15) is 23.6 Å². The first-order valence-corrected chi connectivity index (χ1v) is 8.40. The minimum atomic E-state index is -0.228. The molecule has 3 heterocycles. The van der Waals surface area contributed by atoms with E-state index in [0.717, 1.165) is 50.5 Å². The van der Waals surface area contributed by atoms with Crippen LogP contribution in [0.2, 0.25) is 0 Å². The predicted octanol–water partition coefficient (Wildman–Crippen LogP) is 2.49. The second-order valence-electron chi connectivity index (χ2n) is 6.53. The molecule has 1 spiro atoms. The van der Waals surface area contributed by atoms with Gasteiger partial charge in [0.05, 0.1) is 13.2 Å². The van der Waals surface area contributed by atoms with Crippen molar-refractivity contribution < 1.29 is 9.13 Å². The number of hydrogen-bond acceptors (Lipinski definition) is 5. The van der Waals surface area contributed by atoms with Crippen molar-refractivity contribution in [2.24, 2.45) is 0 Å². The third kappa shape index (κ3) is 3.06. The average Bonchev–Trinajstić information content (AvgIpc) is 2.63. The second-order valence-corrected chi connectivity index (χ2v) is 6.53. The molecule has 2 aromatic rings. The quantitative estimate of drug-likeness (QED) is 0.847. The van der Waals surface area contributed by atoms with Crippen molar-refractivity contribution in [1.29, 1.82) is 0 Å². The summed E-state index contributed by atoms with van der Waals surface area (Å²) < 4.78 is 19.8. The Labute approximate surface area is 141 Å².